The second-order valence-corrected chi connectivity index (χ2v) is 7.35. The van der Waals surface area contributed by atoms with E-state index >= 15 is 0 Å². The first-order valence-corrected chi connectivity index (χ1v) is 9.21. The molecule has 1 saturated carbocycles. The molecule has 0 unspecified atom stereocenters. The number of aromatic nitrogens is 1. The number of thiophene rings is 1. The molecular formula is C17H21N3O2S. The molecule has 1 amide bonds. The van der Waals surface area contributed by atoms with Crippen LogP contribution in [0.4, 0.5) is 0 Å². The van der Waals surface area contributed by atoms with E-state index in [0.29, 0.717) is 18.2 Å². The van der Waals surface area contributed by atoms with E-state index < -0.39 is 0 Å². The van der Waals surface area contributed by atoms with Gasteiger partial charge in [0.1, 0.15) is 5.76 Å². The van der Waals surface area contributed by atoms with Gasteiger partial charge in [0, 0.05) is 23.4 Å². The van der Waals surface area contributed by atoms with Gasteiger partial charge in [0.25, 0.3) is 5.91 Å². The molecule has 1 aliphatic heterocycles. The normalized spacial score (nSPS) is 19.8. The molecule has 0 spiro atoms. The number of rotatable bonds is 6. The van der Waals surface area contributed by atoms with Gasteiger partial charge in [0.05, 0.1) is 6.04 Å². The number of nitrogens with zero attached hydrogens (tertiary/aromatic N) is 2. The van der Waals surface area contributed by atoms with E-state index in [1.165, 1.54) is 17.7 Å². The third-order valence-electron chi connectivity index (χ3n) is 4.65. The Morgan fingerprint density at radius 2 is 2.26 bits per heavy atom. The monoisotopic (exact) mass is 331 g/mol. The third kappa shape index (κ3) is 3.33. The first kappa shape index (κ1) is 14.9. The van der Waals surface area contributed by atoms with Crippen LogP contribution in [-0.4, -0.2) is 35.6 Å². The fourth-order valence-electron chi connectivity index (χ4n) is 3.18. The summed E-state index contributed by atoms with van der Waals surface area (Å²) in [5.41, 5.74) is 0.401. The highest BCUT2D eigenvalue weighted by Gasteiger charge is 2.29. The minimum Gasteiger partial charge on any atom is -0.360 e. The molecule has 2 aliphatic rings. The number of hydrogen-bond donors (Lipinski definition) is 1. The smallest absolute Gasteiger partial charge is 0.273 e. The van der Waals surface area contributed by atoms with Crippen molar-refractivity contribution in [1.29, 1.82) is 0 Å². The molecule has 2 fully saturated rings. The molecule has 3 heterocycles. The van der Waals surface area contributed by atoms with Crippen molar-refractivity contribution in [1.82, 2.24) is 15.4 Å². The van der Waals surface area contributed by atoms with Gasteiger partial charge < -0.3 is 9.84 Å². The zero-order valence-corrected chi connectivity index (χ0v) is 13.8. The molecule has 23 heavy (non-hydrogen) atoms. The van der Waals surface area contributed by atoms with Crippen molar-refractivity contribution in [2.45, 2.75) is 37.6 Å². The van der Waals surface area contributed by atoms with Crippen LogP contribution < -0.4 is 5.32 Å². The molecular weight excluding hydrogens is 310 g/mol. The SMILES string of the molecule is O=C(NC[C@H](c1cccs1)N1CCCC1)c1cc(C2CC2)on1. The third-order valence-corrected chi connectivity index (χ3v) is 5.62. The number of carbonyl (C=O) groups excluding carboxylic acids is 1. The van der Waals surface area contributed by atoms with Gasteiger partial charge in [0.15, 0.2) is 5.69 Å². The summed E-state index contributed by atoms with van der Waals surface area (Å²) in [5.74, 6) is 1.19. The van der Waals surface area contributed by atoms with E-state index in [1.807, 2.05) is 0 Å². The van der Waals surface area contributed by atoms with Crippen LogP contribution >= 0.6 is 11.3 Å². The standard InChI is InChI=1S/C17H21N3O2S/c21-17(13-10-15(22-19-13)12-5-6-12)18-11-14(16-4-3-9-23-16)20-7-1-2-8-20/h3-4,9-10,12,14H,1-2,5-8,11H2,(H,18,21)/t14-/m1/s1. The zero-order chi connectivity index (χ0) is 15.6. The van der Waals surface area contributed by atoms with Crippen molar-refractivity contribution in [2.24, 2.45) is 0 Å². The number of likely N-dealkylation sites (tertiary alicyclic amines) is 1. The number of amides is 1. The second kappa shape index (κ2) is 6.45. The van der Waals surface area contributed by atoms with Crippen molar-refractivity contribution in [3.05, 3.63) is 39.9 Å². The summed E-state index contributed by atoms with van der Waals surface area (Å²) in [6.07, 6.45) is 4.77. The summed E-state index contributed by atoms with van der Waals surface area (Å²) in [7, 11) is 0. The Labute approximate surface area is 139 Å². The van der Waals surface area contributed by atoms with E-state index in [2.05, 4.69) is 32.9 Å². The maximum absolute atomic E-state index is 12.3. The lowest BCUT2D eigenvalue weighted by molar-refractivity contribution is 0.0929. The lowest BCUT2D eigenvalue weighted by atomic mass is 10.2. The highest BCUT2D eigenvalue weighted by atomic mass is 32.1. The van der Waals surface area contributed by atoms with Gasteiger partial charge in [-0.2, -0.15) is 0 Å². The van der Waals surface area contributed by atoms with Gasteiger partial charge in [0.2, 0.25) is 0 Å². The molecule has 2 aromatic rings. The fraction of sp³-hybridized carbons (Fsp3) is 0.529. The van der Waals surface area contributed by atoms with Gasteiger partial charge in [-0.1, -0.05) is 11.2 Å². The Morgan fingerprint density at radius 3 is 2.96 bits per heavy atom. The lowest BCUT2D eigenvalue weighted by Gasteiger charge is -2.26. The maximum Gasteiger partial charge on any atom is 0.273 e. The summed E-state index contributed by atoms with van der Waals surface area (Å²) in [5, 5.41) is 9.05. The molecule has 2 aromatic heterocycles. The number of nitrogens with one attached hydrogen (secondary N) is 1. The summed E-state index contributed by atoms with van der Waals surface area (Å²) in [6.45, 7) is 2.83. The zero-order valence-electron chi connectivity index (χ0n) is 13.0. The molecule has 0 radical (unpaired) electrons. The van der Waals surface area contributed by atoms with Crippen LogP contribution in [-0.2, 0) is 0 Å². The Kier molecular flexibility index (Phi) is 4.18. The average molecular weight is 331 g/mol. The first-order chi connectivity index (χ1) is 11.3. The van der Waals surface area contributed by atoms with Gasteiger partial charge in [-0.15, -0.1) is 11.3 Å². The topological polar surface area (TPSA) is 58.4 Å². The van der Waals surface area contributed by atoms with Crippen molar-refractivity contribution in [3.63, 3.8) is 0 Å². The van der Waals surface area contributed by atoms with Crippen LogP contribution in [0.15, 0.2) is 28.1 Å². The highest BCUT2D eigenvalue weighted by Crippen LogP contribution is 2.40. The summed E-state index contributed by atoms with van der Waals surface area (Å²) < 4.78 is 5.27. The molecule has 0 bridgehead atoms. The van der Waals surface area contributed by atoms with Crippen molar-refractivity contribution in [2.75, 3.05) is 19.6 Å². The fourth-order valence-corrected chi connectivity index (χ4v) is 4.04. The summed E-state index contributed by atoms with van der Waals surface area (Å²) in [4.78, 5) is 16.1. The summed E-state index contributed by atoms with van der Waals surface area (Å²) >= 11 is 1.75. The molecule has 1 saturated heterocycles. The second-order valence-electron chi connectivity index (χ2n) is 6.37. The van der Waals surface area contributed by atoms with Gasteiger partial charge in [-0.05, 0) is 50.2 Å². The van der Waals surface area contributed by atoms with Crippen LogP contribution in [0.3, 0.4) is 0 Å². The van der Waals surface area contributed by atoms with Gasteiger partial charge >= 0.3 is 0 Å². The van der Waals surface area contributed by atoms with Crippen LogP contribution in [0.1, 0.15) is 58.8 Å². The molecule has 1 N–H and O–H groups in total. The van der Waals surface area contributed by atoms with Gasteiger partial charge in [-0.25, -0.2) is 0 Å². The van der Waals surface area contributed by atoms with Crippen molar-refractivity contribution in [3.8, 4) is 0 Å². The van der Waals surface area contributed by atoms with E-state index in [-0.39, 0.29) is 11.9 Å². The van der Waals surface area contributed by atoms with Gasteiger partial charge in [-0.3, -0.25) is 9.69 Å². The summed E-state index contributed by atoms with van der Waals surface area (Å²) in [6, 6.07) is 6.28. The highest BCUT2D eigenvalue weighted by molar-refractivity contribution is 7.10. The molecule has 1 aliphatic carbocycles. The molecule has 5 nitrogen and oxygen atoms in total. The van der Waals surface area contributed by atoms with Crippen molar-refractivity contribution >= 4 is 17.2 Å². The van der Waals surface area contributed by atoms with Crippen LogP contribution in [0.2, 0.25) is 0 Å². The number of carbonyl (C=O) groups is 1. The van der Waals surface area contributed by atoms with Crippen molar-refractivity contribution < 1.29 is 9.32 Å². The van der Waals surface area contributed by atoms with E-state index in [0.717, 1.165) is 31.7 Å². The predicted octanol–water partition coefficient (Wildman–Crippen LogP) is 3.18. The van der Waals surface area contributed by atoms with E-state index in [1.54, 1.807) is 17.4 Å². The molecule has 4 rings (SSSR count). The first-order valence-electron chi connectivity index (χ1n) is 8.33. The van der Waals surface area contributed by atoms with Crippen LogP contribution in [0.5, 0.6) is 0 Å². The minimum atomic E-state index is -0.138. The Morgan fingerprint density at radius 1 is 1.43 bits per heavy atom. The Hall–Kier alpha value is -1.66. The molecule has 122 valence electrons. The predicted molar refractivity (Wildman–Crippen MR) is 88.7 cm³/mol. The Bertz CT molecular complexity index is 657. The maximum atomic E-state index is 12.3. The number of hydrogen-bond acceptors (Lipinski definition) is 5. The molecule has 1 atom stereocenters. The average Bonchev–Trinajstić information content (AvgIpc) is 3.06. The van der Waals surface area contributed by atoms with Crippen LogP contribution in [0, 0.1) is 0 Å². The largest absolute Gasteiger partial charge is 0.360 e. The lowest BCUT2D eigenvalue weighted by Crippen LogP contribution is -2.36. The molecule has 6 heteroatoms. The molecule has 0 aromatic carbocycles. The van der Waals surface area contributed by atoms with E-state index in [4.69, 9.17) is 4.52 Å². The van der Waals surface area contributed by atoms with Crippen LogP contribution in [0.25, 0.3) is 0 Å². The Balaban J connectivity index is 1.41. The minimum absolute atomic E-state index is 0.138. The van der Waals surface area contributed by atoms with E-state index in [9.17, 15) is 4.79 Å². The quantitative estimate of drug-likeness (QED) is 0.883.